The predicted octanol–water partition coefficient (Wildman–Crippen LogP) is 14.1. The van der Waals surface area contributed by atoms with Crippen LogP contribution in [0.4, 0.5) is 39.5 Å². The van der Waals surface area contributed by atoms with Gasteiger partial charge in [-0.3, -0.25) is 28.8 Å². The highest BCUT2D eigenvalue weighted by molar-refractivity contribution is 5.96. The van der Waals surface area contributed by atoms with E-state index < -0.39 is 53.3 Å². The summed E-state index contributed by atoms with van der Waals surface area (Å²) in [7, 11) is 5.29. The first-order valence-electron chi connectivity index (χ1n) is 32.3. The predicted molar refractivity (Wildman–Crippen MR) is 380 cm³/mol. The first-order valence-corrected chi connectivity index (χ1v) is 32.3. The van der Waals surface area contributed by atoms with Crippen molar-refractivity contribution >= 4 is 50.4 Å². The van der Waals surface area contributed by atoms with Gasteiger partial charge in [-0.25, -0.2) is 15.0 Å². The van der Waals surface area contributed by atoms with Crippen LogP contribution in [-0.4, -0.2) is 108 Å². The maximum atomic E-state index is 13.4. The summed E-state index contributed by atoms with van der Waals surface area (Å²) in [5.74, 6) is -1.02. The molecule has 105 heavy (non-hydrogen) atoms. The second-order valence-corrected chi connectivity index (χ2v) is 25.7. The Hall–Kier alpha value is -11.5. The first kappa shape index (κ1) is 76.2. The number of pyridine rings is 3. The quantitative estimate of drug-likeness (QED) is 0.126. The molecule has 0 saturated heterocycles. The number of amides is 3. The van der Waals surface area contributed by atoms with Crippen LogP contribution in [-0.2, 0) is 59.3 Å². The van der Waals surface area contributed by atoms with E-state index >= 15 is 0 Å². The van der Waals surface area contributed by atoms with E-state index in [1.807, 2.05) is 20.8 Å². The highest BCUT2D eigenvalue weighted by Crippen LogP contribution is 2.41. The van der Waals surface area contributed by atoms with Crippen molar-refractivity contribution in [2.45, 2.75) is 120 Å². The van der Waals surface area contributed by atoms with Crippen molar-refractivity contribution in [1.82, 2.24) is 70.8 Å². The lowest BCUT2D eigenvalue weighted by Crippen LogP contribution is -2.45. The average Bonchev–Trinajstić information content (AvgIpc) is 1.74. The van der Waals surface area contributed by atoms with Gasteiger partial charge in [0.05, 0.1) is 70.9 Å². The number of aromatic nitrogens is 12. The van der Waals surface area contributed by atoms with Crippen molar-refractivity contribution in [2.24, 2.45) is 21.1 Å². The molecule has 3 atom stereocenters. The molecule has 0 saturated carbocycles. The van der Waals surface area contributed by atoms with E-state index in [1.54, 1.807) is 177 Å². The van der Waals surface area contributed by atoms with Gasteiger partial charge in [0.2, 0.25) is 0 Å². The van der Waals surface area contributed by atoms with E-state index in [1.165, 1.54) is 31.9 Å². The summed E-state index contributed by atoms with van der Waals surface area (Å²) in [6.07, 6.45) is 1.74. The second-order valence-electron chi connectivity index (χ2n) is 25.7. The minimum Gasteiger partial charge on any atom is -0.350 e. The van der Waals surface area contributed by atoms with Gasteiger partial charge in [-0.1, -0.05) is 22.3 Å². The Labute approximate surface area is 596 Å². The van der Waals surface area contributed by atoms with E-state index in [4.69, 9.17) is 0 Å². The number of fused-ring (bicyclic) bond motifs is 6. The van der Waals surface area contributed by atoms with Crippen LogP contribution in [0, 0.1) is 20.8 Å². The molecule has 0 aliphatic carbocycles. The van der Waals surface area contributed by atoms with Crippen LogP contribution in [0.3, 0.4) is 0 Å². The fourth-order valence-corrected chi connectivity index (χ4v) is 14.0. The Kier molecular flexibility index (Phi) is 20.5. The highest BCUT2D eigenvalue weighted by atomic mass is 19.4. The first-order chi connectivity index (χ1) is 48.2. The average molecular weight is 1460 g/mol. The number of hydrogen-bond acceptors (Lipinski definition) is 9. The maximum absolute atomic E-state index is 13.4. The van der Waals surface area contributed by atoms with Gasteiger partial charge in [-0.2, -0.15) is 39.5 Å². The number of aryl methyl sites for hydroxylation is 6. The van der Waals surface area contributed by atoms with Gasteiger partial charge >= 0.3 is 18.5 Å². The molecular formula is C75H78F9N15O6. The van der Waals surface area contributed by atoms with Crippen LogP contribution in [0.1, 0.15) is 143 Å². The zero-order chi connectivity index (χ0) is 73.1. The van der Waals surface area contributed by atoms with E-state index in [9.17, 15) is 68.3 Å². The number of rotatable bonds is 9. The number of imidazole rings is 3. The van der Waals surface area contributed by atoms with Crippen molar-refractivity contribution in [3.05, 3.63) is 246 Å². The molecule has 0 bridgehead atoms. The fraction of sp³-hybridized carbons (Fsp3) is 0.320. The molecule has 0 fully saturated rings. The molecule has 30 heteroatoms. The van der Waals surface area contributed by atoms with Gasteiger partial charge in [-0.05, 0) is 149 Å². The molecule has 1 unspecified atom stereocenters. The molecule has 3 aromatic carbocycles. The number of carbonyl (C=O) groups is 3. The Bertz CT molecular complexity index is 5020. The Morgan fingerprint density at radius 2 is 0.600 bits per heavy atom. The third-order valence-corrected chi connectivity index (χ3v) is 19.4. The second kappa shape index (κ2) is 28.3. The third-order valence-electron chi connectivity index (χ3n) is 19.4. The summed E-state index contributed by atoms with van der Waals surface area (Å²) in [6, 6.07) is 19.1. The SMILES string of the molecule is C.C.C.Cc1cn(-c2ccc3n(c2=O)CCN(C(C)c2cn(C)c4ccc(C(F)(F)F)cc24)C3=O)cn1.Cc1cn(-c2ccc3n(c2=O)CCN([C@@H](C)c2cn(C)c4ccc(C(F)(F)F)cc24)C3=O)cn1.Cc1cn(-c2ccc3n(c2=O)CCN([C@H](C)c2cn(C)c4ccc(C(F)(F)F)cc24)C3=O)cn1. The highest BCUT2D eigenvalue weighted by Gasteiger charge is 2.38. The molecule has 9 aromatic heterocycles. The lowest BCUT2D eigenvalue weighted by molar-refractivity contribution is -0.138. The monoisotopic (exact) mass is 1460 g/mol. The Morgan fingerprint density at radius 1 is 0.352 bits per heavy atom. The topological polar surface area (TPSA) is 195 Å². The van der Waals surface area contributed by atoms with E-state index in [2.05, 4.69) is 15.0 Å². The molecule has 12 aromatic rings. The summed E-state index contributed by atoms with van der Waals surface area (Å²) in [6.45, 7) is 12.5. The van der Waals surface area contributed by atoms with Crippen LogP contribution in [0.25, 0.3) is 49.8 Å². The lowest BCUT2D eigenvalue weighted by atomic mass is 10.0. The number of benzene rings is 3. The van der Waals surface area contributed by atoms with Gasteiger partial charge < -0.3 is 55.8 Å². The van der Waals surface area contributed by atoms with Gasteiger partial charge in [0.15, 0.2) is 0 Å². The molecule has 12 heterocycles. The number of halogens is 9. The molecule has 0 spiro atoms. The Morgan fingerprint density at radius 3 is 0.819 bits per heavy atom. The van der Waals surface area contributed by atoms with Gasteiger partial charge in [0.1, 0.15) is 34.1 Å². The molecule has 3 amide bonds. The molecular weight excluding hydrogens is 1380 g/mol. The van der Waals surface area contributed by atoms with Gasteiger partial charge in [0.25, 0.3) is 34.4 Å². The molecule has 552 valence electrons. The molecule has 15 rings (SSSR count). The van der Waals surface area contributed by atoms with Crippen molar-refractivity contribution in [2.75, 3.05) is 19.6 Å². The van der Waals surface area contributed by atoms with Crippen LogP contribution < -0.4 is 16.7 Å². The van der Waals surface area contributed by atoms with E-state index in [-0.39, 0.29) is 113 Å². The smallest absolute Gasteiger partial charge is 0.350 e. The van der Waals surface area contributed by atoms with Crippen molar-refractivity contribution in [3.63, 3.8) is 0 Å². The van der Waals surface area contributed by atoms with Crippen molar-refractivity contribution < 1.29 is 53.9 Å². The summed E-state index contributed by atoms with van der Waals surface area (Å²) in [4.78, 5) is 96.5. The fourth-order valence-electron chi connectivity index (χ4n) is 14.0. The third kappa shape index (κ3) is 13.8. The maximum Gasteiger partial charge on any atom is 0.416 e. The summed E-state index contributed by atoms with van der Waals surface area (Å²) in [5, 5.41) is 1.35. The molecule has 3 aliphatic rings. The molecule has 0 radical (unpaired) electrons. The van der Waals surface area contributed by atoms with E-state index in [0.29, 0.717) is 66.5 Å². The van der Waals surface area contributed by atoms with Crippen molar-refractivity contribution in [3.8, 4) is 17.1 Å². The number of nitrogens with zero attached hydrogens (tertiary/aromatic N) is 15. The largest absolute Gasteiger partial charge is 0.416 e. The number of hydrogen-bond donors (Lipinski definition) is 0. The van der Waals surface area contributed by atoms with Crippen molar-refractivity contribution in [1.29, 1.82) is 0 Å². The Balaban J connectivity index is 0.000000166. The van der Waals surface area contributed by atoms with Crippen LogP contribution in [0.2, 0.25) is 0 Å². The number of carbonyl (C=O) groups excluding carboxylic acids is 3. The lowest BCUT2D eigenvalue weighted by Gasteiger charge is -2.34. The van der Waals surface area contributed by atoms with Crippen LogP contribution >= 0.6 is 0 Å². The number of alkyl halides is 9. The normalized spacial score (nSPS) is 14.7. The van der Waals surface area contributed by atoms with Crippen LogP contribution in [0.5, 0.6) is 0 Å². The molecule has 21 nitrogen and oxygen atoms in total. The van der Waals surface area contributed by atoms with Crippen LogP contribution in [0.15, 0.2) is 162 Å². The molecule has 0 N–H and O–H groups in total. The minimum atomic E-state index is -4.46. The zero-order valence-electron chi connectivity index (χ0n) is 56.4. The minimum absolute atomic E-state index is 0. The summed E-state index contributed by atoms with van der Waals surface area (Å²) < 4.78 is 134. The zero-order valence-corrected chi connectivity index (χ0v) is 56.4. The van der Waals surface area contributed by atoms with E-state index in [0.717, 1.165) is 53.5 Å². The van der Waals surface area contributed by atoms with Gasteiger partial charge in [0, 0.05) is 130 Å². The standard InChI is InChI=1S/3C24H22F3N5O2.3CH4/c3*1-14-11-30(13-28-14)20-6-7-21-23(34)31(8-9-32(21)22(20)33)15(2)18-12-29(3)19-5-4-16(10-17(18)19)24(25,26)27;;;/h3*4-7,10-13,15H,8-9H2,1-3H3;3*1H4/t2*15-;;;;/m10..../s1. The summed E-state index contributed by atoms with van der Waals surface area (Å²) >= 11 is 0. The summed E-state index contributed by atoms with van der Waals surface area (Å²) in [5.41, 5.74) is 4.97. The van der Waals surface area contributed by atoms with Gasteiger partial charge in [-0.15, -0.1) is 0 Å². The molecule has 3 aliphatic heterocycles.